The SMILES string of the molecule is CN1CCc2nc(CNC3(CNC(=O)C(=O)Nc4ccc(Cl)cn4)CCCCC3)sc2C1. The van der Waals surface area contributed by atoms with Crippen LogP contribution < -0.4 is 16.0 Å². The first-order valence-electron chi connectivity index (χ1n) is 11.0. The predicted octanol–water partition coefficient (Wildman–Crippen LogP) is 2.73. The molecule has 3 heterocycles. The fraction of sp³-hybridized carbons (Fsp3) is 0.545. The van der Waals surface area contributed by atoms with Gasteiger partial charge in [-0.1, -0.05) is 30.9 Å². The van der Waals surface area contributed by atoms with Crippen LogP contribution >= 0.6 is 22.9 Å². The molecule has 1 saturated carbocycles. The number of hydrogen-bond donors (Lipinski definition) is 3. The van der Waals surface area contributed by atoms with Crippen LogP contribution in [0, 0.1) is 0 Å². The molecule has 2 aromatic heterocycles. The molecule has 0 spiro atoms. The fourth-order valence-corrected chi connectivity index (χ4v) is 5.56. The highest BCUT2D eigenvalue weighted by atomic mass is 35.5. The summed E-state index contributed by atoms with van der Waals surface area (Å²) < 4.78 is 0. The zero-order valence-electron chi connectivity index (χ0n) is 18.2. The molecule has 0 bridgehead atoms. The Morgan fingerprint density at radius 1 is 1.22 bits per heavy atom. The van der Waals surface area contributed by atoms with E-state index in [1.165, 1.54) is 23.2 Å². The number of halogens is 1. The van der Waals surface area contributed by atoms with Crippen molar-refractivity contribution in [3.63, 3.8) is 0 Å². The average Bonchev–Trinajstić information content (AvgIpc) is 3.20. The van der Waals surface area contributed by atoms with Crippen LogP contribution in [0.15, 0.2) is 18.3 Å². The second-order valence-corrected chi connectivity index (χ2v) is 10.3. The molecular weight excluding hydrogens is 448 g/mol. The van der Waals surface area contributed by atoms with Crippen molar-refractivity contribution in [2.75, 3.05) is 25.5 Å². The van der Waals surface area contributed by atoms with Gasteiger partial charge in [-0.3, -0.25) is 9.59 Å². The Bertz CT molecular complexity index is 958. The number of nitrogens with zero attached hydrogens (tertiary/aromatic N) is 3. The molecule has 0 saturated heterocycles. The molecular formula is C22H29ClN6O2S. The van der Waals surface area contributed by atoms with Gasteiger partial charge in [0.05, 0.1) is 10.7 Å². The fourth-order valence-electron chi connectivity index (χ4n) is 4.31. The third-order valence-electron chi connectivity index (χ3n) is 6.15. The Labute approximate surface area is 197 Å². The van der Waals surface area contributed by atoms with Crippen LogP contribution in [0.5, 0.6) is 0 Å². The van der Waals surface area contributed by atoms with Gasteiger partial charge in [0, 0.05) is 49.2 Å². The number of nitrogens with one attached hydrogen (secondary N) is 3. The highest BCUT2D eigenvalue weighted by Crippen LogP contribution is 2.29. The number of anilines is 1. The number of likely N-dealkylation sites (N-methyl/N-ethyl adjacent to an activating group) is 1. The third kappa shape index (κ3) is 5.83. The number of fused-ring (bicyclic) bond motifs is 1. The van der Waals surface area contributed by atoms with E-state index in [1.54, 1.807) is 23.5 Å². The first-order valence-corrected chi connectivity index (χ1v) is 12.2. The molecule has 2 amide bonds. The van der Waals surface area contributed by atoms with E-state index >= 15 is 0 Å². The summed E-state index contributed by atoms with van der Waals surface area (Å²) in [5, 5.41) is 10.6. The van der Waals surface area contributed by atoms with E-state index in [1.807, 2.05) is 0 Å². The number of carbonyl (C=O) groups is 2. The maximum atomic E-state index is 12.4. The van der Waals surface area contributed by atoms with E-state index in [0.29, 0.717) is 23.9 Å². The Balaban J connectivity index is 1.34. The van der Waals surface area contributed by atoms with Crippen molar-refractivity contribution in [1.29, 1.82) is 0 Å². The van der Waals surface area contributed by atoms with Crippen molar-refractivity contribution in [3.05, 3.63) is 38.9 Å². The summed E-state index contributed by atoms with van der Waals surface area (Å²) in [6.45, 7) is 3.10. The first kappa shape index (κ1) is 23.1. The summed E-state index contributed by atoms with van der Waals surface area (Å²) in [4.78, 5) is 37.2. The third-order valence-corrected chi connectivity index (χ3v) is 7.46. The van der Waals surface area contributed by atoms with Crippen LogP contribution in [-0.4, -0.2) is 52.4 Å². The normalized spacial score (nSPS) is 18.1. The van der Waals surface area contributed by atoms with Crippen molar-refractivity contribution >= 4 is 40.6 Å². The maximum Gasteiger partial charge on any atom is 0.314 e. The quantitative estimate of drug-likeness (QED) is 0.554. The van der Waals surface area contributed by atoms with Gasteiger partial charge in [0.2, 0.25) is 0 Å². The molecule has 0 atom stereocenters. The van der Waals surface area contributed by atoms with Gasteiger partial charge >= 0.3 is 11.8 Å². The zero-order chi connectivity index (χ0) is 22.6. The molecule has 2 aliphatic rings. The Hall–Kier alpha value is -2.07. The molecule has 0 aromatic carbocycles. The van der Waals surface area contributed by atoms with E-state index in [2.05, 4.69) is 32.9 Å². The number of thiazole rings is 1. The monoisotopic (exact) mass is 476 g/mol. The van der Waals surface area contributed by atoms with E-state index in [4.69, 9.17) is 16.6 Å². The molecule has 1 fully saturated rings. The summed E-state index contributed by atoms with van der Waals surface area (Å²) in [6.07, 6.45) is 7.73. The minimum atomic E-state index is -0.734. The lowest BCUT2D eigenvalue weighted by Gasteiger charge is -2.38. The van der Waals surface area contributed by atoms with E-state index < -0.39 is 11.8 Å². The summed E-state index contributed by atoms with van der Waals surface area (Å²) >= 11 is 7.58. The second-order valence-electron chi connectivity index (χ2n) is 8.66. The number of hydrogen-bond acceptors (Lipinski definition) is 7. The first-order chi connectivity index (χ1) is 15.4. The van der Waals surface area contributed by atoms with Crippen molar-refractivity contribution in [3.8, 4) is 0 Å². The molecule has 0 unspecified atom stereocenters. The van der Waals surface area contributed by atoms with Gasteiger partial charge < -0.3 is 20.9 Å². The highest BCUT2D eigenvalue weighted by molar-refractivity contribution is 7.11. The van der Waals surface area contributed by atoms with E-state index in [9.17, 15) is 9.59 Å². The van der Waals surface area contributed by atoms with Crippen LogP contribution in [0.4, 0.5) is 5.82 Å². The lowest BCUT2D eigenvalue weighted by Crippen LogP contribution is -2.55. The molecule has 2 aromatic rings. The molecule has 4 rings (SSSR count). The molecule has 1 aliphatic heterocycles. The van der Waals surface area contributed by atoms with Gasteiger partial charge in [-0.25, -0.2) is 9.97 Å². The van der Waals surface area contributed by atoms with Crippen LogP contribution in [0.3, 0.4) is 0 Å². The Kier molecular flexibility index (Phi) is 7.40. The minimum Gasteiger partial charge on any atom is -0.346 e. The lowest BCUT2D eigenvalue weighted by molar-refractivity contribution is -0.136. The average molecular weight is 477 g/mol. The van der Waals surface area contributed by atoms with E-state index in [-0.39, 0.29) is 5.54 Å². The standard InChI is InChI=1S/C22H29ClN6O2S/c1-29-10-7-16-17(13-29)32-19(27-16)12-26-22(8-3-2-4-9-22)14-25-20(30)21(31)28-18-6-5-15(23)11-24-18/h5-6,11,26H,2-4,7-10,12-14H2,1H3,(H,25,30)(H,24,28,31). The summed E-state index contributed by atoms with van der Waals surface area (Å²) in [5.41, 5.74) is 0.999. The Morgan fingerprint density at radius 2 is 2.03 bits per heavy atom. The predicted molar refractivity (Wildman–Crippen MR) is 126 cm³/mol. The number of carbonyl (C=O) groups excluding carboxylic acids is 2. The number of rotatable bonds is 6. The lowest BCUT2D eigenvalue weighted by atomic mass is 9.81. The largest absolute Gasteiger partial charge is 0.346 e. The minimum absolute atomic E-state index is 0.227. The van der Waals surface area contributed by atoms with Crippen LogP contribution in [0.25, 0.3) is 0 Å². The van der Waals surface area contributed by atoms with Crippen molar-refractivity contribution in [2.45, 2.75) is 57.2 Å². The molecule has 8 nitrogen and oxygen atoms in total. The van der Waals surface area contributed by atoms with Gasteiger partial charge in [0.15, 0.2) is 0 Å². The van der Waals surface area contributed by atoms with Crippen molar-refractivity contribution in [1.82, 2.24) is 25.5 Å². The summed E-state index contributed by atoms with van der Waals surface area (Å²) in [6, 6.07) is 3.17. The Morgan fingerprint density at radius 3 is 2.78 bits per heavy atom. The van der Waals surface area contributed by atoms with Gasteiger partial charge in [-0.05, 0) is 32.0 Å². The molecule has 172 valence electrons. The van der Waals surface area contributed by atoms with Gasteiger partial charge in [-0.2, -0.15) is 0 Å². The molecule has 32 heavy (non-hydrogen) atoms. The summed E-state index contributed by atoms with van der Waals surface area (Å²) in [7, 11) is 2.14. The molecule has 10 heteroatoms. The van der Waals surface area contributed by atoms with Gasteiger partial charge in [-0.15, -0.1) is 11.3 Å². The van der Waals surface area contributed by atoms with E-state index in [0.717, 1.165) is 50.2 Å². The van der Waals surface area contributed by atoms with Gasteiger partial charge in [0.25, 0.3) is 0 Å². The zero-order valence-corrected chi connectivity index (χ0v) is 19.8. The van der Waals surface area contributed by atoms with Gasteiger partial charge in [0.1, 0.15) is 10.8 Å². The number of aromatic nitrogens is 2. The molecule has 3 N–H and O–H groups in total. The molecule has 1 aliphatic carbocycles. The van der Waals surface area contributed by atoms with Crippen LogP contribution in [-0.2, 0) is 29.1 Å². The van der Waals surface area contributed by atoms with Crippen molar-refractivity contribution in [2.24, 2.45) is 0 Å². The topological polar surface area (TPSA) is 99.3 Å². The van der Waals surface area contributed by atoms with Crippen molar-refractivity contribution < 1.29 is 9.59 Å². The maximum absolute atomic E-state index is 12.4. The smallest absolute Gasteiger partial charge is 0.314 e. The number of amides is 2. The van der Waals surface area contributed by atoms with Crippen LogP contribution in [0.2, 0.25) is 5.02 Å². The summed E-state index contributed by atoms with van der Waals surface area (Å²) in [5.74, 6) is -1.11. The number of pyridine rings is 1. The van der Waals surface area contributed by atoms with Crippen LogP contribution in [0.1, 0.15) is 47.7 Å². The highest BCUT2D eigenvalue weighted by Gasteiger charge is 2.33. The second kappa shape index (κ2) is 10.2. The molecule has 0 radical (unpaired) electrons.